The van der Waals surface area contributed by atoms with Crippen LogP contribution in [-0.2, 0) is 0 Å². The third kappa shape index (κ3) is 3.14. The Bertz CT molecular complexity index is 431. The van der Waals surface area contributed by atoms with Gasteiger partial charge in [-0.3, -0.25) is 0 Å². The Morgan fingerprint density at radius 2 is 1.95 bits per heavy atom. The van der Waals surface area contributed by atoms with Crippen LogP contribution in [0.5, 0.6) is 0 Å². The number of nitrogens with one attached hydrogen (secondary N) is 1. The van der Waals surface area contributed by atoms with Crippen molar-refractivity contribution in [1.82, 2.24) is 4.98 Å². The van der Waals surface area contributed by atoms with Gasteiger partial charge in [0, 0.05) is 25.7 Å². The van der Waals surface area contributed by atoms with Gasteiger partial charge in [-0.15, -0.1) is 0 Å². The van der Waals surface area contributed by atoms with Crippen LogP contribution < -0.4 is 10.2 Å². The maximum absolute atomic E-state index is 13.9. The van der Waals surface area contributed by atoms with Crippen molar-refractivity contribution in [2.45, 2.75) is 45.1 Å². The van der Waals surface area contributed by atoms with E-state index in [1.165, 1.54) is 6.42 Å². The fourth-order valence-corrected chi connectivity index (χ4v) is 2.64. The number of hydrogen-bond donors (Lipinski definition) is 1. The monoisotopic (exact) mass is 269 g/mol. The average Bonchev–Trinajstić information content (AvgIpc) is 2.42. The first kappa shape index (κ1) is 14.0. The van der Waals surface area contributed by atoms with Crippen LogP contribution in [0.15, 0.2) is 6.07 Å². The fourth-order valence-electron chi connectivity index (χ4n) is 2.64. The van der Waals surface area contributed by atoms with Gasteiger partial charge in [-0.2, -0.15) is 0 Å². The van der Waals surface area contributed by atoms with Crippen molar-refractivity contribution in [1.29, 1.82) is 0 Å². The second-order valence-electron chi connectivity index (χ2n) is 5.06. The van der Waals surface area contributed by atoms with Crippen molar-refractivity contribution in [3.63, 3.8) is 0 Å². The first-order valence-corrected chi connectivity index (χ1v) is 6.96. The third-order valence-corrected chi connectivity index (χ3v) is 3.71. The van der Waals surface area contributed by atoms with Crippen LogP contribution >= 0.6 is 0 Å². The van der Waals surface area contributed by atoms with Crippen LogP contribution in [-0.4, -0.2) is 24.6 Å². The molecule has 0 saturated heterocycles. The summed E-state index contributed by atoms with van der Waals surface area (Å²) in [6, 6.07) is 1.22. The van der Waals surface area contributed by atoms with Gasteiger partial charge in [-0.1, -0.05) is 19.3 Å². The fraction of sp³-hybridized carbons (Fsp3) is 0.643. The highest BCUT2D eigenvalue weighted by Gasteiger charge is 2.23. The first-order valence-electron chi connectivity index (χ1n) is 6.96. The number of aromatic nitrogens is 1. The molecule has 1 saturated carbocycles. The van der Waals surface area contributed by atoms with E-state index in [1.54, 1.807) is 0 Å². The van der Waals surface area contributed by atoms with Gasteiger partial charge in [-0.05, 0) is 19.8 Å². The molecule has 0 bridgehead atoms. The quantitative estimate of drug-likeness (QED) is 0.906. The number of hydrogen-bond acceptors (Lipinski definition) is 3. The topological polar surface area (TPSA) is 28.2 Å². The van der Waals surface area contributed by atoms with Crippen molar-refractivity contribution in [2.75, 3.05) is 23.8 Å². The van der Waals surface area contributed by atoms with Gasteiger partial charge < -0.3 is 10.2 Å². The Labute approximate surface area is 113 Å². The van der Waals surface area contributed by atoms with Crippen molar-refractivity contribution in [3.05, 3.63) is 17.7 Å². The van der Waals surface area contributed by atoms with Crippen LogP contribution in [0.2, 0.25) is 0 Å². The molecule has 106 valence electrons. The predicted octanol–water partition coefficient (Wildman–Crippen LogP) is 3.56. The smallest absolute Gasteiger partial charge is 0.168 e. The molecule has 1 aromatic rings. The zero-order valence-corrected chi connectivity index (χ0v) is 11.5. The van der Waals surface area contributed by atoms with E-state index in [9.17, 15) is 8.78 Å². The number of rotatable bonds is 4. The largest absolute Gasteiger partial charge is 0.368 e. The summed E-state index contributed by atoms with van der Waals surface area (Å²) < 4.78 is 27.4. The highest BCUT2D eigenvalue weighted by Crippen LogP contribution is 2.28. The van der Waals surface area contributed by atoms with Gasteiger partial charge in [0.2, 0.25) is 0 Å². The molecule has 0 unspecified atom stereocenters. The zero-order chi connectivity index (χ0) is 13.8. The van der Waals surface area contributed by atoms with Gasteiger partial charge in [0.15, 0.2) is 23.3 Å². The summed E-state index contributed by atoms with van der Waals surface area (Å²) in [5.74, 6) is -0.863. The number of halogens is 2. The molecule has 0 aliphatic heterocycles. The minimum absolute atomic E-state index is 0.126. The summed E-state index contributed by atoms with van der Waals surface area (Å²) in [6.45, 7) is 2.41. The minimum atomic E-state index is -0.639. The summed E-state index contributed by atoms with van der Waals surface area (Å²) >= 11 is 0. The predicted molar refractivity (Wildman–Crippen MR) is 73.6 cm³/mol. The molecular formula is C14H21F2N3. The van der Waals surface area contributed by atoms with Crippen molar-refractivity contribution in [2.24, 2.45) is 0 Å². The SMILES string of the molecule is CCNc1nc(N(C)C2CCCCC2)c(F)cc1F. The molecule has 0 aromatic carbocycles. The lowest BCUT2D eigenvalue weighted by Crippen LogP contribution is -2.34. The van der Waals surface area contributed by atoms with Crippen molar-refractivity contribution in [3.8, 4) is 0 Å². The van der Waals surface area contributed by atoms with Gasteiger partial charge in [-0.25, -0.2) is 13.8 Å². The van der Waals surface area contributed by atoms with E-state index in [-0.39, 0.29) is 11.6 Å². The number of pyridine rings is 1. The van der Waals surface area contributed by atoms with Crippen molar-refractivity contribution < 1.29 is 8.78 Å². The Hall–Kier alpha value is -1.39. The molecular weight excluding hydrogens is 248 g/mol. The molecule has 3 nitrogen and oxygen atoms in total. The molecule has 0 atom stereocenters. The van der Waals surface area contributed by atoms with E-state index in [4.69, 9.17) is 0 Å². The molecule has 0 spiro atoms. The second kappa shape index (κ2) is 6.17. The molecule has 1 N–H and O–H groups in total. The Kier molecular flexibility index (Phi) is 4.56. The minimum Gasteiger partial charge on any atom is -0.368 e. The van der Waals surface area contributed by atoms with E-state index in [0.717, 1.165) is 31.7 Å². The summed E-state index contributed by atoms with van der Waals surface area (Å²) in [6.07, 6.45) is 5.67. The highest BCUT2D eigenvalue weighted by atomic mass is 19.1. The van der Waals surface area contributed by atoms with E-state index in [2.05, 4.69) is 10.3 Å². The lowest BCUT2D eigenvalue weighted by atomic mass is 9.94. The molecule has 1 aromatic heterocycles. The van der Waals surface area contributed by atoms with Crippen LogP contribution in [0.1, 0.15) is 39.0 Å². The number of anilines is 2. The van der Waals surface area contributed by atoms with Crippen molar-refractivity contribution >= 4 is 11.6 Å². The summed E-state index contributed by atoms with van der Waals surface area (Å²) in [5, 5.41) is 2.82. The lowest BCUT2D eigenvalue weighted by molar-refractivity contribution is 0.421. The second-order valence-corrected chi connectivity index (χ2v) is 5.06. The van der Waals surface area contributed by atoms with Crippen LogP contribution in [0.4, 0.5) is 20.4 Å². The maximum atomic E-state index is 13.9. The van der Waals surface area contributed by atoms with Gasteiger partial charge in [0.1, 0.15) is 0 Å². The number of nitrogens with zero attached hydrogens (tertiary/aromatic N) is 2. The molecule has 1 heterocycles. The van der Waals surface area contributed by atoms with Gasteiger partial charge in [0.25, 0.3) is 0 Å². The lowest BCUT2D eigenvalue weighted by Gasteiger charge is -2.32. The van der Waals surface area contributed by atoms with E-state index >= 15 is 0 Å². The molecule has 1 aliphatic carbocycles. The zero-order valence-electron chi connectivity index (χ0n) is 11.5. The summed E-state index contributed by atoms with van der Waals surface area (Å²) in [7, 11) is 1.84. The Morgan fingerprint density at radius 3 is 2.58 bits per heavy atom. The van der Waals surface area contributed by atoms with E-state index in [1.807, 2.05) is 18.9 Å². The van der Waals surface area contributed by atoms with Crippen LogP contribution in [0.3, 0.4) is 0 Å². The Balaban J connectivity index is 2.24. The van der Waals surface area contributed by atoms with E-state index < -0.39 is 11.6 Å². The molecule has 0 radical (unpaired) electrons. The first-order chi connectivity index (χ1) is 9.13. The molecule has 1 aliphatic rings. The summed E-state index contributed by atoms with van der Waals surface area (Å²) in [5.41, 5.74) is 0. The standard InChI is InChI=1S/C14H21F2N3/c1-3-17-13-11(15)9-12(16)14(18-13)19(2)10-7-5-4-6-8-10/h9-10H,3-8H2,1-2H3,(H,17,18). The van der Waals surface area contributed by atoms with E-state index in [0.29, 0.717) is 12.6 Å². The maximum Gasteiger partial charge on any atom is 0.168 e. The normalized spacial score (nSPS) is 16.4. The summed E-state index contributed by atoms with van der Waals surface area (Å²) in [4.78, 5) is 5.96. The van der Waals surface area contributed by atoms with Crippen LogP contribution in [0, 0.1) is 11.6 Å². The Morgan fingerprint density at radius 1 is 1.26 bits per heavy atom. The molecule has 19 heavy (non-hydrogen) atoms. The van der Waals surface area contributed by atoms with Gasteiger partial charge in [0.05, 0.1) is 0 Å². The third-order valence-electron chi connectivity index (χ3n) is 3.71. The average molecular weight is 269 g/mol. The van der Waals surface area contributed by atoms with Crippen LogP contribution in [0.25, 0.3) is 0 Å². The molecule has 5 heteroatoms. The van der Waals surface area contributed by atoms with Gasteiger partial charge >= 0.3 is 0 Å². The molecule has 1 fully saturated rings. The highest BCUT2D eigenvalue weighted by molar-refractivity contribution is 5.49. The molecule has 0 amide bonds. The molecule has 2 rings (SSSR count).